The predicted molar refractivity (Wildman–Crippen MR) is 114 cm³/mol. The quantitative estimate of drug-likeness (QED) is 0.303. The maximum atomic E-state index is 15.1. The highest BCUT2D eigenvalue weighted by molar-refractivity contribution is 7.88. The van der Waals surface area contributed by atoms with E-state index in [1.165, 1.54) is 54.9 Å². The smallest absolute Gasteiger partial charge is 0.376 e. The third-order valence-corrected chi connectivity index (χ3v) is 6.45. The van der Waals surface area contributed by atoms with Gasteiger partial charge in [-0.05, 0) is 29.3 Å². The Morgan fingerprint density at radius 2 is 1.69 bits per heavy atom. The summed E-state index contributed by atoms with van der Waals surface area (Å²) in [6, 6.07) is 8.32. The first-order chi connectivity index (χ1) is 16.4. The van der Waals surface area contributed by atoms with Crippen LogP contribution in [0.2, 0.25) is 0 Å². The first-order valence-electron chi connectivity index (χ1n) is 9.84. The molecule has 2 unspecified atom stereocenters. The van der Waals surface area contributed by atoms with Gasteiger partial charge < -0.3 is 9.08 Å². The van der Waals surface area contributed by atoms with Crippen LogP contribution in [0.1, 0.15) is 11.1 Å². The van der Waals surface area contributed by atoms with Crippen LogP contribution in [-0.2, 0) is 20.5 Å². The molecule has 3 aromatic rings. The van der Waals surface area contributed by atoms with E-state index in [9.17, 15) is 26.4 Å². The summed E-state index contributed by atoms with van der Waals surface area (Å²) in [6.07, 6.45) is 3.14. The van der Waals surface area contributed by atoms with Gasteiger partial charge in [-0.15, -0.1) is 0 Å². The van der Waals surface area contributed by atoms with Crippen molar-refractivity contribution in [2.24, 2.45) is 5.73 Å². The molecule has 0 saturated carbocycles. The largest absolute Gasteiger partial charge is 0.534 e. The second kappa shape index (κ2) is 8.55. The van der Waals surface area contributed by atoms with E-state index < -0.39 is 44.9 Å². The van der Waals surface area contributed by atoms with Crippen LogP contribution < -0.4 is 15.2 Å². The Bertz CT molecular complexity index is 1370. The van der Waals surface area contributed by atoms with Gasteiger partial charge in [0.2, 0.25) is 0 Å². The number of aromatic nitrogens is 2. The van der Waals surface area contributed by atoms with Crippen molar-refractivity contribution in [2.45, 2.75) is 17.3 Å². The number of carbonyl (C=O) groups is 1. The van der Waals surface area contributed by atoms with Crippen LogP contribution in [0, 0.1) is 5.82 Å². The van der Waals surface area contributed by atoms with E-state index in [1.807, 2.05) is 0 Å². The second-order valence-electron chi connectivity index (χ2n) is 7.58. The standard InChI is InChI=1S/C21H17F4N5O4S/c1-30-18(31)20(29-19(30)26,13-2-5-15(6-3-13)34-35(32,33)21(23,24)25)14-4-7-16(17(22)8-14)12-9-27-11-28-10-12/h2-11,19,29H,26H2,1H3. The summed E-state index contributed by atoms with van der Waals surface area (Å²) < 4.78 is 79.7. The Kier molecular flexibility index (Phi) is 5.99. The molecule has 1 fully saturated rings. The molecule has 2 heterocycles. The Labute approximate surface area is 196 Å². The maximum absolute atomic E-state index is 15.1. The van der Waals surface area contributed by atoms with Crippen LogP contribution in [0.25, 0.3) is 11.1 Å². The topological polar surface area (TPSA) is 128 Å². The van der Waals surface area contributed by atoms with E-state index in [0.717, 1.165) is 18.2 Å². The minimum Gasteiger partial charge on any atom is -0.376 e. The number of nitrogens with zero attached hydrogens (tertiary/aromatic N) is 3. The summed E-state index contributed by atoms with van der Waals surface area (Å²) in [6.45, 7) is 0. The molecule has 4 rings (SSSR count). The number of carbonyl (C=O) groups excluding carboxylic acids is 1. The third-order valence-electron chi connectivity index (χ3n) is 5.47. The zero-order chi connectivity index (χ0) is 25.6. The zero-order valence-corrected chi connectivity index (χ0v) is 18.6. The number of alkyl halides is 3. The van der Waals surface area contributed by atoms with Crippen LogP contribution >= 0.6 is 0 Å². The number of rotatable bonds is 5. The molecule has 0 bridgehead atoms. The van der Waals surface area contributed by atoms with E-state index in [2.05, 4.69) is 19.5 Å². The molecule has 2 atom stereocenters. The van der Waals surface area contributed by atoms with Gasteiger partial charge in [-0.2, -0.15) is 21.6 Å². The number of nitrogens with one attached hydrogen (secondary N) is 1. The lowest BCUT2D eigenvalue weighted by Gasteiger charge is -2.29. The second-order valence-corrected chi connectivity index (χ2v) is 9.12. The average Bonchev–Trinajstić information content (AvgIpc) is 3.04. The van der Waals surface area contributed by atoms with Gasteiger partial charge >= 0.3 is 15.6 Å². The number of nitrogens with two attached hydrogens (primary N) is 1. The molecule has 14 heteroatoms. The molecule has 184 valence electrons. The van der Waals surface area contributed by atoms with Crippen molar-refractivity contribution in [2.75, 3.05) is 7.05 Å². The minimum absolute atomic E-state index is 0.150. The zero-order valence-electron chi connectivity index (χ0n) is 17.8. The van der Waals surface area contributed by atoms with Crippen molar-refractivity contribution in [1.29, 1.82) is 0 Å². The third kappa shape index (κ3) is 4.19. The van der Waals surface area contributed by atoms with E-state index in [-0.39, 0.29) is 16.7 Å². The van der Waals surface area contributed by atoms with Gasteiger partial charge in [0.1, 0.15) is 24.2 Å². The number of hydrogen-bond donors (Lipinski definition) is 2. The Morgan fingerprint density at radius 1 is 1.09 bits per heavy atom. The highest BCUT2D eigenvalue weighted by Gasteiger charge is 2.52. The summed E-state index contributed by atoms with van der Waals surface area (Å²) in [5, 5.41) is 2.90. The molecule has 1 saturated heterocycles. The van der Waals surface area contributed by atoms with Crippen molar-refractivity contribution in [1.82, 2.24) is 20.2 Å². The molecular formula is C21H17F4N5O4S. The van der Waals surface area contributed by atoms with Crippen molar-refractivity contribution in [3.05, 3.63) is 78.1 Å². The van der Waals surface area contributed by atoms with Gasteiger partial charge in [0.15, 0.2) is 5.54 Å². The lowest BCUT2D eigenvalue weighted by atomic mass is 9.82. The van der Waals surface area contributed by atoms with Gasteiger partial charge in [-0.25, -0.2) is 14.4 Å². The number of likely N-dealkylation sites (N-methyl/N-ethyl adjacent to an activating group) is 1. The minimum atomic E-state index is -5.89. The Hall–Kier alpha value is -3.62. The number of hydrogen-bond acceptors (Lipinski definition) is 8. The lowest BCUT2D eigenvalue weighted by molar-refractivity contribution is -0.131. The lowest BCUT2D eigenvalue weighted by Crippen LogP contribution is -2.48. The van der Waals surface area contributed by atoms with Crippen LogP contribution in [-0.4, -0.2) is 48.0 Å². The van der Waals surface area contributed by atoms with Crippen molar-refractivity contribution in [3.8, 4) is 16.9 Å². The van der Waals surface area contributed by atoms with Crippen molar-refractivity contribution in [3.63, 3.8) is 0 Å². The van der Waals surface area contributed by atoms with Gasteiger partial charge in [0.25, 0.3) is 5.91 Å². The number of benzene rings is 2. The molecule has 2 aromatic carbocycles. The van der Waals surface area contributed by atoms with Crippen molar-refractivity contribution >= 4 is 16.0 Å². The van der Waals surface area contributed by atoms with Gasteiger partial charge in [0, 0.05) is 30.6 Å². The monoisotopic (exact) mass is 511 g/mol. The predicted octanol–water partition coefficient (Wildman–Crippen LogP) is 2.06. The van der Waals surface area contributed by atoms with Crippen LogP contribution in [0.5, 0.6) is 5.75 Å². The maximum Gasteiger partial charge on any atom is 0.534 e. The first-order valence-corrected chi connectivity index (χ1v) is 11.2. The average molecular weight is 511 g/mol. The molecule has 0 aliphatic carbocycles. The van der Waals surface area contributed by atoms with Crippen molar-refractivity contribution < 1.29 is 35.0 Å². The fourth-order valence-corrected chi connectivity index (χ4v) is 4.17. The molecule has 1 aliphatic rings. The SMILES string of the molecule is CN1C(=O)C(c2ccc(OS(=O)(=O)C(F)(F)F)cc2)(c2ccc(-c3cncnc3)c(F)c2)NC1N. The summed E-state index contributed by atoms with van der Waals surface area (Å²) >= 11 is 0. The summed E-state index contributed by atoms with van der Waals surface area (Å²) in [4.78, 5) is 22.2. The molecule has 0 radical (unpaired) electrons. The van der Waals surface area contributed by atoms with Crippen LogP contribution in [0.15, 0.2) is 61.2 Å². The first kappa shape index (κ1) is 24.5. The number of halogens is 4. The van der Waals surface area contributed by atoms with E-state index >= 15 is 4.39 Å². The fraction of sp³-hybridized carbons (Fsp3) is 0.190. The molecule has 1 amide bonds. The van der Waals surface area contributed by atoms with E-state index in [0.29, 0.717) is 5.56 Å². The van der Waals surface area contributed by atoms with Gasteiger partial charge in [-0.3, -0.25) is 15.8 Å². The molecule has 0 spiro atoms. The highest BCUT2D eigenvalue weighted by Crippen LogP contribution is 2.38. The Balaban J connectivity index is 1.78. The molecule has 9 nitrogen and oxygen atoms in total. The summed E-state index contributed by atoms with van der Waals surface area (Å²) in [5.74, 6) is -1.89. The van der Waals surface area contributed by atoms with E-state index in [1.54, 1.807) is 0 Å². The van der Waals surface area contributed by atoms with Crippen LogP contribution in [0.3, 0.4) is 0 Å². The van der Waals surface area contributed by atoms with E-state index in [4.69, 9.17) is 5.73 Å². The highest BCUT2D eigenvalue weighted by atomic mass is 32.2. The Morgan fingerprint density at radius 3 is 2.20 bits per heavy atom. The van der Waals surface area contributed by atoms with Crippen LogP contribution in [0.4, 0.5) is 17.6 Å². The molecule has 1 aliphatic heterocycles. The van der Waals surface area contributed by atoms with Gasteiger partial charge in [0.05, 0.1) is 0 Å². The summed E-state index contributed by atoms with van der Waals surface area (Å²) in [7, 11) is -4.47. The molecular weight excluding hydrogens is 494 g/mol. The van der Waals surface area contributed by atoms with Gasteiger partial charge in [-0.1, -0.05) is 24.3 Å². The number of amides is 1. The normalized spacial score (nSPS) is 20.8. The molecule has 3 N–H and O–H groups in total. The molecule has 1 aromatic heterocycles. The fourth-order valence-electron chi connectivity index (χ4n) is 3.71. The summed E-state index contributed by atoms with van der Waals surface area (Å²) in [5.41, 5.74) is -0.457. The molecule has 35 heavy (non-hydrogen) atoms.